The molecule has 5 heteroatoms. The van der Waals surface area contributed by atoms with Crippen molar-refractivity contribution in [1.29, 1.82) is 0 Å². The zero-order chi connectivity index (χ0) is 18.4. The molecule has 26 heavy (non-hydrogen) atoms. The highest BCUT2D eigenvalue weighted by Crippen LogP contribution is 2.28. The molecule has 0 unspecified atom stereocenters. The molecule has 0 aliphatic carbocycles. The molecule has 0 spiro atoms. The fourth-order valence-electron chi connectivity index (χ4n) is 3.52. The van der Waals surface area contributed by atoms with Crippen molar-refractivity contribution in [2.45, 2.75) is 25.3 Å². The first kappa shape index (κ1) is 18.4. The summed E-state index contributed by atoms with van der Waals surface area (Å²) in [6.07, 6.45) is 2.26. The van der Waals surface area contributed by atoms with Gasteiger partial charge < -0.3 is 14.9 Å². The number of carboxylic acids is 1. The fourth-order valence-corrected chi connectivity index (χ4v) is 3.52. The van der Waals surface area contributed by atoms with Gasteiger partial charge in [0.1, 0.15) is 12.4 Å². The largest absolute Gasteiger partial charge is 0.491 e. The minimum absolute atomic E-state index is 0.0126. The highest BCUT2D eigenvalue weighted by Gasteiger charge is 2.21. The number of hydrogen-bond donors (Lipinski definition) is 2. The molecule has 1 atom stereocenters. The number of benzene rings is 2. The molecule has 0 amide bonds. The minimum atomic E-state index is -0.884. The van der Waals surface area contributed by atoms with Crippen LogP contribution < -0.4 is 4.74 Å². The van der Waals surface area contributed by atoms with Crippen molar-refractivity contribution in [3.63, 3.8) is 0 Å². The normalized spacial score (nSPS) is 17.8. The van der Waals surface area contributed by atoms with Crippen molar-refractivity contribution in [3.8, 4) is 5.75 Å². The van der Waals surface area contributed by atoms with E-state index in [4.69, 9.17) is 14.9 Å². The second-order valence-corrected chi connectivity index (χ2v) is 6.72. The molecule has 1 aliphatic rings. The SMILES string of the molecule is O=C(O)c1ccc([C@H]2CCCN(Cc3cccc(OCCO)c3)C2)cc1. The van der Waals surface area contributed by atoms with Crippen molar-refractivity contribution < 1.29 is 19.7 Å². The molecule has 3 rings (SSSR count). The Balaban J connectivity index is 1.62. The zero-order valence-electron chi connectivity index (χ0n) is 14.8. The standard InChI is InChI=1S/C21H25NO4/c23-11-12-26-20-5-1-3-16(13-20)14-22-10-2-4-19(15-22)17-6-8-18(9-7-17)21(24)25/h1,3,5-9,13,19,23H,2,4,10-12,14-15H2,(H,24,25)/t19-/m0/s1. The van der Waals surface area contributed by atoms with Crippen LogP contribution in [0.15, 0.2) is 48.5 Å². The van der Waals surface area contributed by atoms with Crippen molar-refractivity contribution in [2.75, 3.05) is 26.3 Å². The maximum absolute atomic E-state index is 11.0. The zero-order valence-corrected chi connectivity index (χ0v) is 14.8. The average molecular weight is 355 g/mol. The molecule has 0 aromatic heterocycles. The van der Waals surface area contributed by atoms with Gasteiger partial charge in [-0.25, -0.2) is 4.79 Å². The summed E-state index contributed by atoms with van der Waals surface area (Å²) < 4.78 is 5.49. The Kier molecular flexibility index (Phi) is 6.26. The van der Waals surface area contributed by atoms with Crippen LogP contribution in [0.2, 0.25) is 0 Å². The maximum atomic E-state index is 11.0. The number of likely N-dealkylation sites (tertiary alicyclic amines) is 1. The van der Waals surface area contributed by atoms with Crippen LogP contribution in [-0.4, -0.2) is 47.4 Å². The maximum Gasteiger partial charge on any atom is 0.335 e. The monoisotopic (exact) mass is 355 g/mol. The summed E-state index contributed by atoms with van der Waals surface area (Å²) >= 11 is 0. The lowest BCUT2D eigenvalue weighted by Gasteiger charge is -2.33. The third kappa shape index (κ3) is 4.84. The summed E-state index contributed by atoms with van der Waals surface area (Å²) in [7, 11) is 0. The van der Waals surface area contributed by atoms with E-state index in [1.165, 1.54) is 11.1 Å². The van der Waals surface area contributed by atoms with E-state index in [1.54, 1.807) is 12.1 Å². The lowest BCUT2D eigenvalue weighted by atomic mass is 9.90. The lowest BCUT2D eigenvalue weighted by molar-refractivity contribution is 0.0697. The molecule has 1 aliphatic heterocycles. The molecule has 2 aromatic carbocycles. The molecule has 0 radical (unpaired) electrons. The Labute approximate surface area is 153 Å². The van der Waals surface area contributed by atoms with Crippen molar-refractivity contribution in [1.82, 2.24) is 4.90 Å². The van der Waals surface area contributed by atoms with Gasteiger partial charge in [-0.3, -0.25) is 4.90 Å². The van der Waals surface area contributed by atoms with Gasteiger partial charge >= 0.3 is 5.97 Å². The van der Waals surface area contributed by atoms with Gasteiger partial charge in [0.2, 0.25) is 0 Å². The molecular weight excluding hydrogens is 330 g/mol. The average Bonchev–Trinajstić information content (AvgIpc) is 2.67. The second-order valence-electron chi connectivity index (χ2n) is 6.72. The second kappa shape index (κ2) is 8.83. The van der Waals surface area contributed by atoms with Crippen LogP contribution in [0.4, 0.5) is 0 Å². The Hall–Kier alpha value is -2.37. The molecule has 5 nitrogen and oxygen atoms in total. The van der Waals surface area contributed by atoms with Crippen LogP contribution in [0.5, 0.6) is 5.75 Å². The molecular formula is C21H25NO4. The van der Waals surface area contributed by atoms with E-state index < -0.39 is 5.97 Å². The van der Waals surface area contributed by atoms with Gasteiger partial charge in [0.05, 0.1) is 12.2 Å². The number of ether oxygens (including phenoxy) is 1. The molecule has 1 saturated heterocycles. The number of piperidine rings is 1. The number of nitrogens with zero attached hydrogens (tertiary/aromatic N) is 1. The van der Waals surface area contributed by atoms with Gasteiger partial charge in [-0.05, 0) is 60.7 Å². The first-order chi connectivity index (χ1) is 12.7. The van der Waals surface area contributed by atoms with E-state index in [9.17, 15) is 4.79 Å². The van der Waals surface area contributed by atoms with Crippen LogP contribution in [0.25, 0.3) is 0 Å². The summed E-state index contributed by atoms with van der Waals surface area (Å²) in [4.78, 5) is 13.4. The Morgan fingerprint density at radius 1 is 1.19 bits per heavy atom. The number of aliphatic hydroxyl groups excluding tert-OH is 1. The number of carbonyl (C=O) groups is 1. The van der Waals surface area contributed by atoms with Gasteiger partial charge in [0.15, 0.2) is 0 Å². The van der Waals surface area contributed by atoms with Crippen molar-refractivity contribution in [3.05, 3.63) is 65.2 Å². The Morgan fingerprint density at radius 3 is 2.73 bits per heavy atom. The number of hydrogen-bond acceptors (Lipinski definition) is 4. The number of carboxylic acid groups (broad SMARTS) is 1. The van der Waals surface area contributed by atoms with E-state index in [-0.39, 0.29) is 6.61 Å². The number of aliphatic hydroxyl groups is 1. The highest BCUT2D eigenvalue weighted by atomic mass is 16.5. The third-order valence-electron chi connectivity index (χ3n) is 4.80. The van der Waals surface area contributed by atoms with Gasteiger partial charge in [-0.15, -0.1) is 0 Å². The van der Waals surface area contributed by atoms with Crippen LogP contribution in [-0.2, 0) is 6.54 Å². The molecule has 1 fully saturated rings. The van der Waals surface area contributed by atoms with E-state index in [0.717, 1.165) is 38.2 Å². The highest BCUT2D eigenvalue weighted by molar-refractivity contribution is 5.87. The van der Waals surface area contributed by atoms with Crippen LogP contribution in [0.1, 0.15) is 40.2 Å². The summed E-state index contributed by atoms with van der Waals surface area (Å²) in [5, 5.41) is 17.9. The quantitative estimate of drug-likeness (QED) is 0.798. The fraction of sp³-hybridized carbons (Fsp3) is 0.381. The Morgan fingerprint density at radius 2 is 2.00 bits per heavy atom. The van der Waals surface area contributed by atoms with E-state index in [2.05, 4.69) is 11.0 Å². The van der Waals surface area contributed by atoms with Gasteiger partial charge in [-0.1, -0.05) is 24.3 Å². The van der Waals surface area contributed by atoms with Crippen molar-refractivity contribution >= 4 is 5.97 Å². The summed E-state index contributed by atoms with van der Waals surface area (Å²) in [6.45, 7) is 3.21. The molecule has 138 valence electrons. The predicted octanol–water partition coefficient (Wildman–Crippen LogP) is 3.14. The number of rotatable bonds is 7. The third-order valence-corrected chi connectivity index (χ3v) is 4.80. The van der Waals surface area contributed by atoms with Crippen LogP contribution >= 0.6 is 0 Å². The smallest absolute Gasteiger partial charge is 0.335 e. The summed E-state index contributed by atoms with van der Waals surface area (Å²) in [5.74, 6) is 0.333. The van der Waals surface area contributed by atoms with Gasteiger partial charge in [0.25, 0.3) is 0 Å². The number of aromatic carboxylic acids is 1. The topological polar surface area (TPSA) is 70.0 Å². The first-order valence-electron chi connectivity index (χ1n) is 9.04. The summed E-state index contributed by atoms with van der Waals surface area (Å²) in [5.41, 5.74) is 2.74. The van der Waals surface area contributed by atoms with E-state index in [0.29, 0.717) is 18.1 Å². The lowest BCUT2D eigenvalue weighted by Crippen LogP contribution is -2.33. The van der Waals surface area contributed by atoms with Crippen molar-refractivity contribution in [2.24, 2.45) is 0 Å². The minimum Gasteiger partial charge on any atom is -0.491 e. The molecule has 2 aromatic rings. The van der Waals surface area contributed by atoms with E-state index in [1.807, 2.05) is 30.3 Å². The molecule has 2 N–H and O–H groups in total. The Bertz CT molecular complexity index is 729. The van der Waals surface area contributed by atoms with Gasteiger partial charge in [0, 0.05) is 13.1 Å². The predicted molar refractivity (Wildman–Crippen MR) is 99.7 cm³/mol. The first-order valence-corrected chi connectivity index (χ1v) is 9.04. The molecule has 0 saturated carbocycles. The molecule has 1 heterocycles. The van der Waals surface area contributed by atoms with Crippen LogP contribution in [0, 0.1) is 0 Å². The molecule has 0 bridgehead atoms. The van der Waals surface area contributed by atoms with E-state index >= 15 is 0 Å². The van der Waals surface area contributed by atoms with Crippen LogP contribution in [0.3, 0.4) is 0 Å². The summed E-state index contributed by atoms with van der Waals surface area (Å²) in [6, 6.07) is 15.3. The van der Waals surface area contributed by atoms with Gasteiger partial charge in [-0.2, -0.15) is 0 Å².